The van der Waals surface area contributed by atoms with E-state index in [-0.39, 0.29) is 0 Å². The van der Waals surface area contributed by atoms with Crippen molar-refractivity contribution in [1.29, 1.82) is 0 Å². The second-order valence-corrected chi connectivity index (χ2v) is 3.53. The number of nitrogens with two attached hydrogens (primary N) is 1. The summed E-state index contributed by atoms with van der Waals surface area (Å²) in [4.78, 5) is 0. The zero-order valence-electron chi connectivity index (χ0n) is 7.84. The maximum Gasteiger partial charge on any atom is 0.302 e. The fraction of sp³-hybridized carbons (Fsp3) is 0.333. The minimum Gasteiger partial charge on any atom is -0.326 e. The Morgan fingerprint density at radius 3 is 2.50 bits per heavy atom. The van der Waals surface area contributed by atoms with Crippen molar-refractivity contribution in [1.82, 2.24) is 0 Å². The zero-order chi connectivity index (χ0) is 10.6. The molecular weight excluding hydrogens is 202 g/mol. The van der Waals surface area contributed by atoms with E-state index in [2.05, 4.69) is 0 Å². The largest absolute Gasteiger partial charge is 0.326 e. The quantitative estimate of drug-likeness (QED) is 0.744. The molecule has 0 aliphatic carbocycles. The van der Waals surface area contributed by atoms with Crippen LogP contribution in [-0.4, -0.2) is 8.76 Å². The second-order valence-electron chi connectivity index (χ2n) is 2.90. The van der Waals surface area contributed by atoms with Gasteiger partial charge in [0, 0.05) is 6.54 Å². The molecule has 1 aromatic carbocycles. The molecule has 2 unspecified atom stereocenters. The molecule has 0 saturated carbocycles. The van der Waals surface area contributed by atoms with Crippen molar-refractivity contribution in [2.24, 2.45) is 5.73 Å². The van der Waals surface area contributed by atoms with E-state index in [0.29, 0.717) is 6.54 Å². The Bertz CT molecular complexity index is 312. The maximum absolute atomic E-state index is 10.4. The molecule has 0 fully saturated rings. The molecule has 1 rings (SSSR count). The Labute approximate surface area is 85.6 Å². The van der Waals surface area contributed by atoms with E-state index in [1.807, 2.05) is 24.3 Å². The molecule has 3 N–H and O–H groups in total. The Balaban J connectivity index is 2.71. The Morgan fingerprint density at radius 1 is 1.50 bits per heavy atom. The highest BCUT2D eigenvalue weighted by Gasteiger charge is 2.08. The van der Waals surface area contributed by atoms with Crippen LogP contribution in [0.5, 0.6) is 0 Å². The topological polar surface area (TPSA) is 72.5 Å². The van der Waals surface area contributed by atoms with E-state index in [1.54, 1.807) is 6.92 Å². The van der Waals surface area contributed by atoms with Crippen LogP contribution in [0.4, 0.5) is 0 Å². The van der Waals surface area contributed by atoms with Crippen molar-refractivity contribution in [2.45, 2.75) is 19.6 Å². The van der Waals surface area contributed by atoms with Gasteiger partial charge in [0.15, 0.2) is 0 Å². The van der Waals surface area contributed by atoms with Gasteiger partial charge in [0.1, 0.15) is 0 Å². The number of rotatable bonds is 4. The third kappa shape index (κ3) is 3.19. The van der Waals surface area contributed by atoms with Crippen LogP contribution in [0.3, 0.4) is 0 Å². The van der Waals surface area contributed by atoms with Crippen LogP contribution in [0.15, 0.2) is 24.3 Å². The lowest BCUT2D eigenvalue weighted by atomic mass is 10.1. The van der Waals surface area contributed by atoms with Crippen molar-refractivity contribution in [3.8, 4) is 0 Å². The van der Waals surface area contributed by atoms with E-state index in [0.717, 1.165) is 11.1 Å². The highest BCUT2D eigenvalue weighted by Crippen LogP contribution is 2.17. The zero-order valence-corrected chi connectivity index (χ0v) is 8.66. The molecule has 0 heterocycles. The summed E-state index contributed by atoms with van der Waals surface area (Å²) in [7, 11) is 0. The normalized spacial score (nSPS) is 15.1. The van der Waals surface area contributed by atoms with Gasteiger partial charge in [-0.25, -0.2) is 0 Å². The molecule has 2 atom stereocenters. The van der Waals surface area contributed by atoms with Crippen LogP contribution in [-0.2, 0) is 22.1 Å². The lowest BCUT2D eigenvalue weighted by molar-refractivity contribution is 0.227. The van der Waals surface area contributed by atoms with Crippen LogP contribution in [0.25, 0.3) is 0 Å². The third-order valence-corrected chi connectivity index (χ3v) is 2.36. The van der Waals surface area contributed by atoms with Gasteiger partial charge in [0.25, 0.3) is 0 Å². The predicted octanol–water partition coefficient (Wildman–Crippen LogP) is 1.36. The van der Waals surface area contributed by atoms with Crippen molar-refractivity contribution in [2.75, 3.05) is 0 Å². The average molecular weight is 215 g/mol. The van der Waals surface area contributed by atoms with Crippen molar-refractivity contribution >= 4 is 11.4 Å². The van der Waals surface area contributed by atoms with Crippen LogP contribution < -0.4 is 5.73 Å². The number of benzene rings is 1. The van der Waals surface area contributed by atoms with Gasteiger partial charge >= 0.3 is 11.4 Å². The first-order valence-corrected chi connectivity index (χ1v) is 5.23. The van der Waals surface area contributed by atoms with E-state index in [9.17, 15) is 4.21 Å². The summed E-state index contributed by atoms with van der Waals surface area (Å²) >= 11 is -2.23. The molecule has 0 aromatic heterocycles. The summed E-state index contributed by atoms with van der Waals surface area (Å²) in [5.41, 5.74) is 7.31. The highest BCUT2D eigenvalue weighted by atomic mass is 32.2. The fourth-order valence-corrected chi connectivity index (χ4v) is 1.46. The highest BCUT2D eigenvalue weighted by molar-refractivity contribution is 7.74. The molecule has 4 nitrogen and oxygen atoms in total. The molecule has 0 aliphatic heterocycles. The molecule has 5 heteroatoms. The summed E-state index contributed by atoms with van der Waals surface area (Å²) in [6, 6.07) is 7.41. The lowest BCUT2D eigenvalue weighted by Gasteiger charge is -2.09. The molecule has 0 bridgehead atoms. The van der Waals surface area contributed by atoms with Gasteiger partial charge in [-0.15, -0.1) is 0 Å². The van der Waals surface area contributed by atoms with Gasteiger partial charge in [-0.3, -0.25) is 8.74 Å². The van der Waals surface area contributed by atoms with Crippen LogP contribution >= 0.6 is 0 Å². The SMILES string of the molecule is CC(OS(=O)O)c1ccc(CN)cc1. The van der Waals surface area contributed by atoms with E-state index in [1.165, 1.54) is 0 Å². The first kappa shape index (κ1) is 11.3. The molecule has 0 saturated heterocycles. The third-order valence-electron chi connectivity index (χ3n) is 1.91. The number of hydrogen-bond acceptors (Lipinski definition) is 3. The van der Waals surface area contributed by atoms with Gasteiger partial charge in [-0.1, -0.05) is 24.3 Å². The van der Waals surface area contributed by atoms with Crippen LogP contribution in [0, 0.1) is 0 Å². The predicted molar refractivity (Wildman–Crippen MR) is 54.6 cm³/mol. The maximum atomic E-state index is 10.4. The molecule has 0 aliphatic rings. The van der Waals surface area contributed by atoms with Gasteiger partial charge in [0.2, 0.25) is 0 Å². The van der Waals surface area contributed by atoms with Crippen molar-refractivity contribution < 1.29 is 12.9 Å². The van der Waals surface area contributed by atoms with E-state index in [4.69, 9.17) is 14.5 Å². The molecule has 0 radical (unpaired) electrons. The van der Waals surface area contributed by atoms with Crippen LogP contribution in [0.2, 0.25) is 0 Å². The monoisotopic (exact) mass is 215 g/mol. The van der Waals surface area contributed by atoms with Gasteiger partial charge in [-0.2, -0.15) is 4.21 Å². The van der Waals surface area contributed by atoms with E-state index < -0.39 is 17.5 Å². The minimum atomic E-state index is -2.23. The smallest absolute Gasteiger partial charge is 0.302 e. The van der Waals surface area contributed by atoms with Gasteiger partial charge in [0.05, 0.1) is 6.10 Å². The molecule has 0 spiro atoms. The summed E-state index contributed by atoms with van der Waals surface area (Å²) in [5.74, 6) is 0. The minimum absolute atomic E-state index is 0.396. The lowest BCUT2D eigenvalue weighted by Crippen LogP contribution is -2.03. The summed E-state index contributed by atoms with van der Waals surface area (Å²) in [5, 5.41) is 0. The van der Waals surface area contributed by atoms with Crippen LogP contribution in [0.1, 0.15) is 24.2 Å². The standard InChI is InChI=1S/C9H13NO3S/c1-7(13-14(11)12)9-4-2-8(6-10)3-5-9/h2-5,7H,6,10H2,1H3,(H,11,12). The second kappa shape index (κ2) is 5.21. The van der Waals surface area contributed by atoms with E-state index >= 15 is 0 Å². The first-order chi connectivity index (χ1) is 6.63. The Kier molecular flexibility index (Phi) is 4.21. The summed E-state index contributed by atoms with van der Waals surface area (Å²) < 4.78 is 23.6. The molecule has 0 amide bonds. The van der Waals surface area contributed by atoms with Gasteiger partial charge in [-0.05, 0) is 18.1 Å². The first-order valence-electron chi connectivity index (χ1n) is 4.20. The molecule has 14 heavy (non-hydrogen) atoms. The molecular formula is C9H13NO3S. The number of hydrogen-bond donors (Lipinski definition) is 2. The Morgan fingerprint density at radius 2 is 2.07 bits per heavy atom. The Hall–Kier alpha value is -0.750. The van der Waals surface area contributed by atoms with Crippen molar-refractivity contribution in [3.05, 3.63) is 35.4 Å². The average Bonchev–Trinajstić information content (AvgIpc) is 2.17. The molecule has 1 aromatic rings. The summed E-state index contributed by atoms with van der Waals surface area (Å²) in [6.07, 6.45) is -0.396. The fourth-order valence-electron chi connectivity index (χ4n) is 1.10. The molecule has 78 valence electrons. The van der Waals surface area contributed by atoms with Gasteiger partial charge < -0.3 is 5.73 Å². The summed E-state index contributed by atoms with van der Waals surface area (Å²) in [6.45, 7) is 2.20. The van der Waals surface area contributed by atoms with Crippen molar-refractivity contribution in [3.63, 3.8) is 0 Å².